The normalized spacial score (nSPS) is 10.6. The minimum Gasteiger partial charge on any atom is -0.480 e. The molecule has 0 saturated carbocycles. The van der Waals surface area contributed by atoms with E-state index in [0.717, 1.165) is 0 Å². The molecule has 1 rings (SSSR count). The topological polar surface area (TPSA) is 102 Å². The molecule has 0 unspecified atom stereocenters. The summed E-state index contributed by atoms with van der Waals surface area (Å²) in [7, 11) is 0. The standard InChI is InChI=1S/C13H15N3O3/c1-13(2,12(18)19)15-8-11(17)16-10-5-3-9(7-14)4-6-10/h3-6,15H,8H2,1-2H3,(H,16,17)(H,18,19). The van der Waals surface area contributed by atoms with Crippen molar-refractivity contribution in [2.45, 2.75) is 19.4 Å². The smallest absolute Gasteiger partial charge is 0.323 e. The average molecular weight is 261 g/mol. The van der Waals surface area contributed by atoms with Gasteiger partial charge in [-0.2, -0.15) is 5.26 Å². The fourth-order valence-corrected chi connectivity index (χ4v) is 1.21. The molecule has 0 bridgehead atoms. The Kier molecular flexibility index (Phi) is 4.62. The summed E-state index contributed by atoms with van der Waals surface area (Å²) in [5, 5.41) is 22.7. The number of hydrogen-bond acceptors (Lipinski definition) is 4. The molecule has 19 heavy (non-hydrogen) atoms. The number of hydrogen-bond donors (Lipinski definition) is 3. The molecular weight excluding hydrogens is 246 g/mol. The van der Waals surface area contributed by atoms with Crippen LogP contribution in [-0.2, 0) is 9.59 Å². The Hall–Kier alpha value is -2.39. The van der Waals surface area contributed by atoms with E-state index < -0.39 is 11.5 Å². The zero-order valence-electron chi connectivity index (χ0n) is 10.7. The van der Waals surface area contributed by atoms with E-state index in [9.17, 15) is 9.59 Å². The molecule has 6 nitrogen and oxygen atoms in total. The Bertz CT molecular complexity index is 515. The second kappa shape index (κ2) is 5.98. The van der Waals surface area contributed by atoms with Crippen molar-refractivity contribution >= 4 is 17.6 Å². The number of aliphatic carboxylic acids is 1. The van der Waals surface area contributed by atoms with Gasteiger partial charge in [0.2, 0.25) is 5.91 Å². The molecule has 1 aromatic rings. The number of amides is 1. The molecule has 0 saturated heterocycles. The van der Waals surface area contributed by atoms with Gasteiger partial charge in [0.1, 0.15) is 5.54 Å². The summed E-state index contributed by atoms with van der Waals surface area (Å²) < 4.78 is 0. The third-order valence-electron chi connectivity index (χ3n) is 2.52. The van der Waals surface area contributed by atoms with Gasteiger partial charge in [0.25, 0.3) is 0 Å². The second-order valence-corrected chi connectivity index (χ2v) is 4.52. The lowest BCUT2D eigenvalue weighted by molar-refractivity contribution is -0.143. The molecule has 0 aliphatic heterocycles. The predicted molar refractivity (Wildman–Crippen MR) is 69.5 cm³/mol. The first-order chi connectivity index (χ1) is 8.85. The van der Waals surface area contributed by atoms with Crippen molar-refractivity contribution in [3.8, 4) is 6.07 Å². The van der Waals surface area contributed by atoms with Crippen molar-refractivity contribution in [2.75, 3.05) is 11.9 Å². The van der Waals surface area contributed by atoms with E-state index in [-0.39, 0.29) is 12.5 Å². The van der Waals surface area contributed by atoms with Crippen molar-refractivity contribution in [1.29, 1.82) is 5.26 Å². The van der Waals surface area contributed by atoms with E-state index in [4.69, 9.17) is 10.4 Å². The largest absolute Gasteiger partial charge is 0.480 e. The highest BCUT2D eigenvalue weighted by atomic mass is 16.4. The average Bonchev–Trinajstić information content (AvgIpc) is 2.37. The van der Waals surface area contributed by atoms with Gasteiger partial charge in [-0.3, -0.25) is 14.9 Å². The van der Waals surface area contributed by atoms with Crippen LogP contribution < -0.4 is 10.6 Å². The van der Waals surface area contributed by atoms with E-state index in [1.165, 1.54) is 13.8 Å². The zero-order chi connectivity index (χ0) is 14.5. The number of nitrogens with one attached hydrogen (secondary N) is 2. The van der Waals surface area contributed by atoms with Crippen molar-refractivity contribution in [2.24, 2.45) is 0 Å². The van der Waals surface area contributed by atoms with Gasteiger partial charge in [0, 0.05) is 5.69 Å². The maximum absolute atomic E-state index is 11.6. The number of anilines is 1. The molecule has 0 radical (unpaired) electrons. The quantitative estimate of drug-likeness (QED) is 0.732. The number of carbonyl (C=O) groups excluding carboxylic acids is 1. The highest BCUT2D eigenvalue weighted by molar-refractivity contribution is 5.92. The monoisotopic (exact) mass is 261 g/mol. The fourth-order valence-electron chi connectivity index (χ4n) is 1.21. The van der Waals surface area contributed by atoms with Gasteiger partial charge >= 0.3 is 5.97 Å². The molecule has 0 aromatic heterocycles. The van der Waals surface area contributed by atoms with Gasteiger partial charge in [0.15, 0.2) is 0 Å². The van der Waals surface area contributed by atoms with Crippen molar-refractivity contribution in [3.05, 3.63) is 29.8 Å². The van der Waals surface area contributed by atoms with Crippen molar-refractivity contribution < 1.29 is 14.7 Å². The van der Waals surface area contributed by atoms with Crippen molar-refractivity contribution in [1.82, 2.24) is 5.32 Å². The first-order valence-electron chi connectivity index (χ1n) is 5.63. The van der Waals surface area contributed by atoms with Crippen LogP contribution >= 0.6 is 0 Å². The first kappa shape index (κ1) is 14.7. The van der Waals surface area contributed by atoms with Crippen LogP contribution in [-0.4, -0.2) is 29.1 Å². The van der Waals surface area contributed by atoms with Crippen LogP contribution in [0, 0.1) is 11.3 Å². The highest BCUT2D eigenvalue weighted by Crippen LogP contribution is 2.08. The summed E-state index contributed by atoms with van der Waals surface area (Å²) >= 11 is 0. The van der Waals surface area contributed by atoms with Crippen molar-refractivity contribution in [3.63, 3.8) is 0 Å². The molecule has 6 heteroatoms. The van der Waals surface area contributed by atoms with Gasteiger partial charge in [-0.25, -0.2) is 0 Å². The number of carboxylic acid groups (broad SMARTS) is 1. The zero-order valence-corrected chi connectivity index (χ0v) is 10.7. The molecule has 0 aliphatic carbocycles. The minimum atomic E-state index is -1.16. The number of carboxylic acids is 1. The fraction of sp³-hybridized carbons (Fsp3) is 0.308. The van der Waals surface area contributed by atoms with Gasteiger partial charge in [-0.15, -0.1) is 0 Å². The molecule has 3 N–H and O–H groups in total. The summed E-state index contributed by atoms with van der Waals surface area (Å²) in [6.07, 6.45) is 0. The Labute approximate surface area is 111 Å². The summed E-state index contributed by atoms with van der Waals surface area (Å²) in [6, 6.07) is 8.37. The molecule has 100 valence electrons. The van der Waals surface area contributed by atoms with Gasteiger partial charge in [-0.05, 0) is 38.1 Å². The Morgan fingerprint density at radius 1 is 1.32 bits per heavy atom. The lowest BCUT2D eigenvalue weighted by Gasteiger charge is -2.20. The minimum absolute atomic E-state index is 0.112. The third kappa shape index (κ3) is 4.41. The summed E-state index contributed by atoms with van der Waals surface area (Å²) in [4.78, 5) is 22.4. The van der Waals surface area contributed by atoms with E-state index in [1.807, 2.05) is 6.07 Å². The van der Waals surface area contributed by atoms with Crippen LogP contribution in [0.5, 0.6) is 0 Å². The predicted octanol–water partition coefficient (Wildman–Crippen LogP) is 0.950. The number of nitrogens with zero attached hydrogens (tertiary/aromatic N) is 1. The van der Waals surface area contributed by atoms with Crippen LogP contribution in [0.2, 0.25) is 0 Å². The number of benzene rings is 1. The van der Waals surface area contributed by atoms with Crippen LogP contribution in [0.15, 0.2) is 24.3 Å². The van der Waals surface area contributed by atoms with Crippen LogP contribution in [0.1, 0.15) is 19.4 Å². The van der Waals surface area contributed by atoms with Crippen LogP contribution in [0.4, 0.5) is 5.69 Å². The van der Waals surface area contributed by atoms with Gasteiger partial charge in [-0.1, -0.05) is 0 Å². The SMILES string of the molecule is CC(C)(NCC(=O)Nc1ccc(C#N)cc1)C(=O)O. The number of rotatable bonds is 5. The Morgan fingerprint density at radius 3 is 2.37 bits per heavy atom. The van der Waals surface area contributed by atoms with E-state index in [1.54, 1.807) is 24.3 Å². The van der Waals surface area contributed by atoms with Crippen LogP contribution in [0.25, 0.3) is 0 Å². The number of nitriles is 1. The first-order valence-corrected chi connectivity index (χ1v) is 5.63. The maximum Gasteiger partial charge on any atom is 0.323 e. The molecule has 0 atom stereocenters. The summed E-state index contributed by atoms with van der Waals surface area (Å²) in [6.45, 7) is 2.84. The molecule has 0 spiro atoms. The van der Waals surface area contributed by atoms with E-state index in [0.29, 0.717) is 11.3 Å². The molecule has 0 fully saturated rings. The lowest BCUT2D eigenvalue weighted by atomic mass is 10.1. The van der Waals surface area contributed by atoms with E-state index in [2.05, 4.69) is 10.6 Å². The molecular formula is C13H15N3O3. The van der Waals surface area contributed by atoms with Gasteiger partial charge in [0.05, 0.1) is 18.2 Å². The van der Waals surface area contributed by atoms with Crippen LogP contribution in [0.3, 0.4) is 0 Å². The van der Waals surface area contributed by atoms with E-state index >= 15 is 0 Å². The number of carbonyl (C=O) groups is 2. The highest BCUT2D eigenvalue weighted by Gasteiger charge is 2.26. The summed E-state index contributed by atoms with van der Waals surface area (Å²) in [5.74, 6) is -1.38. The molecule has 1 amide bonds. The Balaban J connectivity index is 2.52. The third-order valence-corrected chi connectivity index (χ3v) is 2.52. The van der Waals surface area contributed by atoms with Gasteiger partial charge < -0.3 is 10.4 Å². The Morgan fingerprint density at radius 2 is 1.89 bits per heavy atom. The molecule has 1 aromatic carbocycles. The maximum atomic E-state index is 11.6. The lowest BCUT2D eigenvalue weighted by Crippen LogP contribution is -2.49. The molecule has 0 heterocycles. The second-order valence-electron chi connectivity index (χ2n) is 4.52. The summed E-state index contributed by atoms with van der Waals surface area (Å²) in [5.41, 5.74) is -0.107. The molecule has 0 aliphatic rings.